The lowest BCUT2D eigenvalue weighted by Gasteiger charge is -2.29. The van der Waals surface area contributed by atoms with Crippen molar-refractivity contribution >= 4 is 34.6 Å². The maximum absolute atomic E-state index is 6.60. The third-order valence-electron chi connectivity index (χ3n) is 5.82. The van der Waals surface area contributed by atoms with E-state index in [0.29, 0.717) is 29.1 Å². The van der Waals surface area contributed by atoms with Crippen LogP contribution in [0.15, 0.2) is 85.3 Å². The first-order chi connectivity index (χ1) is 17.2. The Morgan fingerprint density at radius 2 is 1.83 bits per heavy atom. The quantitative estimate of drug-likeness (QED) is 0.263. The van der Waals surface area contributed by atoms with Gasteiger partial charge in [-0.05, 0) is 66.8 Å². The SMILES string of the molecule is COCCOc1ccc(N2C(=S)N[C@H](c3ccccn3)[C@@H]2c2cccn2-c2ccccn2)cc1Cl. The molecule has 0 radical (unpaired) electrons. The molecule has 9 heteroatoms. The van der Waals surface area contributed by atoms with E-state index in [0.717, 1.165) is 22.9 Å². The number of pyridine rings is 2. The molecular formula is C26H24ClN5O2S. The van der Waals surface area contributed by atoms with Gasteiger partial charge in [0.2, 0.25) is 0 Å². The van der Waals surface area contributed by atoms with Gasteiger partial charge in [-0.15, -0.1) is 0 Å². The highest BCUT2D eigenvalue weighted by Gasteiger charge is 2.42. The van der Waals surface area contributed by atoms with Crippen molar-refractivity contribution in [2.24, 2.45) is 0 Å². The zero-order chi connectivity index (χ0) is 24.2. The lowest BCUT2D eigenvalue weighted by molar-refractivity contribution is 0.146. The summed E-state index contributed by atoms with van der Waals surface area (Å²) >= 11 is 12.4. The number of rotatable bonds is 8. The number of anilines is 1. The van der Waals surface area contributed by atoms with E-state index in [4.69, 9.17) is 33.3 Å². The first kappa shape index (κ1) is 23.3. The molecule has 178 valence electrons. The Morgan fingerprint density at radius 3 is 2.54 bits per heavy atom. The van der Waals surface area contributed by atoms with E-state index in [2.05, 4.69) is 30.8 Å². The Hall–Kier alpha value is -3.46. The van der Waals surface area contributed by atoms with Crippen molar-refractivity contribution in [1.82, 2.24) is 19.9 Å². The number of thiocarbonyl (C=S) groups is 1. The highest BCUT2D eigenvalue weighted by atomic mass is 35.5. The van der Waals surface area contributed by atoms with Crippen molar-refractivity contribution in [1.29, 1.82) is 0 Å². The van der Waals surface area contributed by atoms with Gasteiger partial charge in [0.15, 0.2) is 5.11 Å². The largest absolute Gasteiger partial charge is 0.490 e. The number of nitrogens with zero attached hydrogens (tertiary/aromatic N) is 4. The van der Waals surface area contributed by atoms with Gasteiger partial charge in [0.25, 0.3) is 0 Å². The van der Waals surface area contributed by atoms with Crippen LogP contribution in [-0.4, -0.2) is 40.0 Å². The second kappa shape index (κ2) is 10.4. The van der Waals surface area contributed by atoms with Gasteiger partial charge in [-0.1, -0.05) is 23.7 Å². The molecule has 0 amide bonds. The Morgan fingerprint density at radius 1 is 1.00 bits per heavy atom. The lowest BCUT2D eigenvalue weighted by Crippen LogP contribution is -2.30. The standard InChI is InChI=1S/C26H24ClN5O2S/c1-33-15-16-34-22-11-10-18(17-19(22)27)32-25(24(30-26(32)35)20-7-2-4-12-28-20)21-8-6-14-31(21)23-9-3-5-13-29-23/h2-14,17,24-25H,15-16H2,1H3,(H,30,35)/t24-,25+/m1/s1. The molecule has 7 nitrogen and oxygen atoms in total. The minimum atomic E-state index is -0.203. The topological polar surface area (TPSA) is 64.4 Å². The predicted molar refractivity (Wildman–Crippen MR) is 140 cm³/mol. The van der Waals surface area contributed by atoms with E-state index in [1.165, 1.54) is 0 Å². The monoisotopic (exact) mass is 505 g/mol. The number of hydrogen-bond donors (Lipinski definition) is 1. The van der Waals surface area contributed by atoms with E-state index >= 15 is 0 Å². The van der Waals surface area contributed by atoms with Crippen LogP contribution in [0.4, 0.5) is 5.69 Å². The third-order valence-corrected chi connectivity index (χ3v) is 6.43. The summed E-state index contributed by atoms with van der Waals surface area (Å²) in [5, 5.41) is 4.57. The zero-order valence-corrected chi connectivity index (χ0v) is 20.6. The number of benzene rings is 1. The smallest absolute Gasteiger partial charge is 0.174 e. The van der Waals surface area contributed by atoms with Gasteiger partial charge in [-0.2, -0.15) is 0 Å². The summed E-state index contributed by atoms with van der Waals surface area (Å²) in [4.78, 5) is 11.3. The molecule has 3 aromatic heterocycles. The molecule has 35 heavy (non-hydrogen) atoms. The Bertz CT molecular complexity index is 1300. The van der Waals surface area contributed by atoms with Gasteiger partial charge in [0.1, 0.15) is 24.2 Å². The van der Waals surface area contributed by atoms with Crippen LogP contribution in [0.1, 0.15) is 23.5 Å². The van der Waals surface area contributed by atoms with Crippen molar-refractivity contribution in [2.45, 2.75) is 12.1 Å². The number of ether oxygens (including phenoxy) is 2. The highest BCUT2D eigenvalue weighted by molar-refractivity contribution is 7.80. The number of hydrogen-bond acceptors (Lipinski definition) is 5. The second-order valence-corrected chi connectivity index (χ2v) is 8.74. The number of methoxy groups -OCH3 is 1. The lowest BCUT2D eigenvalue weighted by atomic mass is 10.0. The molecule has 0 unspecified atom stereocenters. The van der Waals surface area contributed by atoms with Crippen LogP contribution < -0.4 is 15.0 Å². The van der Waals surface area contributed by atoms with Gasteiger partial charge >= 0.3 is 0 Å². The molecular weight excluding hydrogens is 482 g/mol. The van der Waals surface area contributed by atoms with Gasteiger partial charge in [-0.25, -0.2) is 4.98 Å². The fourth-order valence-electron chi connectivity index (χ4n) is 4.27. The fraction of sp³-hybridized carbons (Fsp3) is 0.192. The molecule has 0 bridgehead atoms. The Balaban J connectivity index is 1.58. The van der Waals surface area contributed by atoms with Crippen molar-refractivity contribution in [3.63, 3.8) is 0 Å². The van der Waals surface area contributed by atoms with E-state index in [-0.39, 0.29) is 12.1 Å². The van der Waals surface area contributed by atoms with E-state index in [1.54, 1.807) is 19.5 Å². The summed E-state index contributed by atoms with van der Waals surface area (Å²) < 4.78 is 12.9. The average Bonchev–Trinajstić information content (AvgIpc) is 3.50. The molecule has 1 aromatic carbocycles. The number of nitrogens with one attached hydrogen (secondary N) is 1. The van der Waals surface area contributed by atoms with Crippen LogP contribution in [0.2, 0.25) is 5.02 Å². The summed E-state index contributed by atoms with van der Waals surface area (Å²) in [6.07, 6.45) is 5.58. The molecule has 5 rings (SSSR count). The minimum absolute atomic E-state index is 0.183. The molecule has 4 heterocycles. The molecule has 1 aliphatic heterocycles. The van der Waals surface area contributed by atoms with Gasteiger partial charge in [-0.3, -0.25) is 4.98 Å². The molecule has 0 spiro atoms. The molecule has 0 saturated carbocycles. The molecule has 2 atom stereocenters. The summed E-state index contributed by atoms with van der Waals surface area (Å²) in [6, 6.07) is 21.2. The van der Waals surface area contributed by atoms with Crippen LogP contribution in [0.5, 0.6) is 5.75 Å². The van der Waals surface area contributed by atoms with Crippen molar-refractivity contribution < 1.29 is 9.47 Å². The van der Waals surface area contributed by atoms with E-state index in [1.807, 2.05) is 66.9 Å². The van der Waals surface area contributed by atoms with Crippen LogP contribution in [0, 0.1) is 0 Å². The first-order valence-electron chi connectivity index (χ1n) is 11.2. The molecule has 1 aliphatic rings. The van der Waals surface area contributed by atoms with Gasteiger partial charge in [0, 0.05) is 37.1 Å². The maximum Gasteiger partial charge on any atom is 0.174 e. The first-order valence-corrected chi connectivity index (χ1v) is 12.0. The third kappa shape index (κ3) is 4.73. The molecule has 1 saturated heterocycles. The van der Waals surface area contributed by atoms with Crippen LogP contribution in [0.25, 0.3) is 5.82 Å². The minimum Gasteiger partial charge on any atom is -0.490 e. The van der Waals surface area contributed by atoms with Crippen molar-refractivity contribution in [3.8, 4) is 11.6 Å². The number of aromatic nitrogens is 3. The maximum atomic E-state index is 6.60. The predicted octanol–water partition coefficient (Wildman–Crippen LogP) is 5.12. The second-order valence-electron chi connectivity index (χ2n) is 7.94. The summed E-state index contributed by atoms with van der Waals surface area (Å²) in [7, 11) is 1.63. The van der Waals surface area contributed by atoms with Crippen LogP contribution in [0.3, 0.4) is 0 Å². The molecule has 1 N–H and O–H groups in total. The van der Waals surface area contributed by atoms with Gasteiger partial charge < -0.3 is 24.3 Å². The van der Waals surface area contributed by atoms with Crippen molar-refractivity contribution in [2.75, 3.05) is 25.2 Å². The van der Waals surface area contributed by atoms with E-state index < -0.39 is 0 Å². The molecule has 4 aromatic rings. The summed E-state index contributed by atoms with van der Waals surface area (Å²) in [5.41, 5.74) is 2.76. The number of halogens is 1. The van der Waals surface area contributed by atoms with Crippen LogP contribution >= 0.6 is 23.8 Å². The molecule has 0 aliphatic carbocycles. The summed E-state index contributed by atoms with van der Waals surface area (Å²) in [5.74, 6) is 1.42. The summed E-state index contributed by atoms with van der Waals surface area (Å²) in [6.45, 7) is 0.901. The Kier molecular flexibility index (Phi) is 6.94. The molecule has 1 fully saturated rings. The van der Waals surface area contributed by atoms with Crippen molar-refractivity contribution in [3.05, 3.63) is 102 Å². The highest BCUT2D eigenvalue weighted by Crippen LogP contribution is 2.43. The average molecular weight is 506 g/mol. The van der Waals surface area contributed by atoms with Gasteiger partial charge in [0.05, 0.1) is 23.4 Å². The Labute approximate surface area is 214 Å². The zero-order valence-electron chi connectivity index (χ0n) is 19.0. The fourth-order valence-corrected chi connectivity index (χ4v) is 4.84. The normalized spacial score (nSPS) is 17.4. The van der Waals surface area contributed by atoms with E-state index in [9.17, 15) is 0 Å². The van der Waals surface area contributed by atoms with Crippen LogP contribution in [-0.2, 0) is 4.74 Å².